The topological polar surface area (TPSA) is 12.0 Å². The van der Waals surface area contributed by atoms with E-state index in [9.17, 15) is 4.39 Å². The minimum atomic E-state index is -0.0701. The van der Waals surface area contributed by atoms with Crippen LogP contribution in [-0.4, -0.2) is 13.1 Å². The van der Waals surface area contributed by atoms with Crippen LogP contribution in [0.5, 0.6) is 0 Å². The number of rotatable bonds is 1. The molecule has 1 aliphatic rings. The summed E-state index contributed by atoms with van der Waals surface area (Å²) in [7, 11) is 0. The van der Waals surface area contributed by atoms with Gasteiger partial charge in [-0.15, -0.1) is 0 Å². The number of hydrogen-bond donors (Lipinski definition) is 1. The maximum atomic E-state index is 13.7. The highest BCUT2D eigenvalue weighted by Crippen LogP contribution is 2.40. The van der Waals surface area contributed by atoms with E-state index in [1.54, 1.807) is 12.1 Å². The highest BCUT2D eigenvalue weighted by molar-refractivity contribution is 5.24. The minimum Gasteiger partial charge on any atom is -0.316 e. The molecule has 15 heavy (non-hydrogen) atoms. The fourth-order valence-corrected chi connectivity index (χ4v) is 2.40. The average molecular weight is 207 g/mol. The maximum Gasteiger partial charge on any atom is 0.126 e. The Bertz CT molecular complexity index is 346. The van der Waals surface area contributed by atoms with Crippen LogP contribution in [0.2, 0.25) is 0 Å². The van der Waals surface area contributed by atoms with Crippen molar-refractivity contribution in [2.45, 2.75) is 26.2 Å². The molecule has 1 aromatic carbocycles. The molecule has 0 spiro atoms. The fourth-order valence-electron chi connectivity index (χ4n) is 2.40. The normalized spacial score (nSPS) is 25.1. The summed E-state index contributed by atoms with van der Waals surface area (Å²) in [5.74, 6) is 0.215. The number of benzene rings is 1. The van der Waals surface area contributed by atoms with Crippen molar-refractivity contribution in [2.75, 3.05) is 13.1 Å². The molecule has 1 atom stereocenters. The first-order valence-electron chi connectivity index (χ1n) is 5.56. The maximum absolute atomic E-state index is 13.7. The summed E-state index contributed by atoms with van der Waals surface area (Å²) in [4.78, 5) is 0. The molecular weight excluding hydrogens is 189 g/mol. The van der Waals surface area contributed by atoms with E-state index in [2.05, 4.69) is 19.2 Å². The Morgan fingerprint density at radius 2 is 2.07 bits per heavy atom. The molecule has 1 nitrogen and oxygen atoms in total. The predicted octanol–water partition coefficient (Wildman–Crippen LogP) is 2.93. The first-order chi connectivity index (χ1) is 7.11. The first-order valence-corrected chi connectivity index (χ1v) is 5.56. The molecule has 0 aliphatic carbocycles. The van der Waals surface area contributed by atoms with Crippen LogP contribution >= 0.6 is 0 Å². The Balaban J connectivity index is 2.33. The van der Waals surface area contributed by atoms with Gasteiger partial charge in [-0.3, -0.25) is 0 Å². The van der Waals surface area contributed by atoms with Crippen molar-refractivity contribution in [1.82, 2.24) is 5.32 Å². The summed E-state index contributed by atoms with van der Waals surface area (Å²) >= 11 is 0. The minimum absolute atomic E-state index is 0.0701. The summed E-state index contributed by atoms with van der Waals surface area (Å²) in [6, 6.07) is 7.14. The van der Waals surface area contributed by atoms with Gasteiger partial charge in [0.15, 0.2) is 0 Å². The Morgan fingerprint density at radius 3 is 2.73 bits per heavy atom. The molecule has 1 N–H and O–H groups in total. The SMILES string of the molecule is CC1(C)CCNCC1c1ccccc1F. The van der Waals surface area contributed by atoms with Gasteiger partial charge in [0.05, 0.1) is 0 Å². The van der Waals surface area contributed by atoms with Crippen LogP contribution in [0.15, 0.2) is 24.3 Å². The van der Waals surface area contributed by atoms with Crippen molar-refractivity contribution < 1.29 is 4.39 Å². The third-order valence-electron chi connectivity index (χ3n) is 3.52. The van der Waals surface area contributed by atoms with Gasteiger partial charge in [-0.05, 0) is 30.0 Å². The Hall–Kier alpha value is -0.890. The third-order valence-corrected chi connectivity index (χ3v) is 3.52. The number of nitrogens with one attached hydrogen (secondary N) is 1. The summed E-state index contributed by atoms with van der Waals surface area (Å²) in [6.07, 6.45) is 1.10. The van der Waals surface area contributed by atoms with E-state index in [1.165, 1.54) is 0 Å². The van der Waals surface area contributed by atoms with E-state index in [-0.39, 0.29) is 17.2 Å². The average Bonchev–Trinajstić information content (AvgIpc) is 2.19. The van der Waals surface area contributed by atoms with E-state index < -0.39 is 0 Å². The zero-order chi connectivity index (χ0) is 10.9. The quantitative estimate of drug-likeness (QED) is 0.746. The molecule has 0 radical (unpaired) electrons. The molecular formula is C13H18FN. The van der Waals surface area contributed by atoms with E-state index in [1.807, 2.05) is 12.1 Å². The number of hydrogen-bond acceptors (Lipinski definition) is 1. The standard InChI is InChI=1S/C13H18FN/c1-13(2)7-8-15-9-11(13)10-5-3-4-6-12(10)14/h3-6,11,15H,7-9H2,1-2H3. The van der Waals surface area contributed by atoms with Gasteiger partial charge in [0, 0.05) is 12.5 Å². The van der Waals surface area contributed by atoms with Crippen LogP contribution in [-0.2, 0) is 0 Å². The summed E-state index contributed by atoms with van der Waals surface area (Å²) in [6.45, 7) is 6.38. The Kier molecular flexibility index (Phi) is 2.79. The lowest BCUT2D eigenvalue weighted by atomic mass is 9.70. The van der Waals surface area contributed by atoms with Gasteiger partial charge in [0.1, 0.15) is 5.82 Å². The smallest absolute Gasteiger partial charge is 0.126 e. The van der Waals surface area contributed by atoms with Crippen LogP contribution in [0, 0.1) is 11.2 Å². The van der Waals surface area contributed by atoms with E-state index in [0.29, 0.717) is 0 Å². The van der Waals surface area contributed by atoms with Gasteiger partial charge in [0.2, 0.25) is 0 Å². The molecule has 1 saturated heterocycles. The highest BCUT2D eigenvalue weighted by atomic mass is 19.1. The molecule has 0 saturated carbocycles. The molecule has 1 fully saturated rings. The van der Waals surface area contributed by atoms with Crippen molar-refractivity contribution in [1.29, 1.82) is 0 Å². The fraction of sp³-hybridized carbons (Fsp3) is 0.538. The summed E-state index contributed by atoms with van der Waals surface area (Å²) in [5, 5.41) is 3.35. The van der Waals surface area contributed by atoms with Crippen LogP contribution in [0.4, 0.5) is 4.39 Å². The molecule has 0 aromatic heterocycles. The predicted molar refractivity (Wildman–Crippen MR) is 60.4 cm³/mol. The van der Waals surface area contributed by atoms with Crippen molar-refractivity contribution in [3.05, 3.63) is 35.6 Å². The monoisotopic (exact) mass is 207 g/mol. The van der Waals surface area contributed by atoms with Crippen molar-refractivity contribution in [3.63, 3.8) is 0 Å². The molecule has 2 rings (SSSR count). The van der Waals surface area contributed by atoms with Crippen LogP contribution < -0.4 is 5.32 Å². The van der Waals surface area contributed by atoms with E-state index in [4.69, 9.17) is 0 Å². The summed E-state index contributed by atoms with van der Waals surface area (Å²) in [5.41, 5.74) is 1.04. The van der Waals surface area contributed by atoms with E-state index in [0.717, 1.165) is 25.1 Å². The van der Waals surface area contributed by atoms with Gasteiger partial charge in [-0.2, -0.15) is 0 Å². The van der Waals surface area contributed by atoms with Gasteiger partial charge in [-0.25, -0.2) is 4.39 Å². The second-order valence-electron chi connectivity index (χ2n) is 5.02. The first kappa shape index (κ1) is 10.6. The molecule has 0 amide bonds. The Labute approximate surface area is 90.7 Å². The Morgan fingerprint density at radius 1 is 1.33 bits per heavy atom. The lowest BCUT2D eigenvalue weighted by molar-refractivity contribution is 0.210. The lowest BCUT2D eigenvalue weighted by Gasteiger charge is -2.39. The van der Waals surface area contributed by atoms with Crippen LogP contribution in [0.25, 0.3) is 0 Å². The summed E-state index contributed by atoms with van der Waals surface area (Å²) < 4.78 is 13.7. The van der Waals surface area contributed by atoms with Crippen molar-refractivity contribution in [2.24, 2.45) is 5.41 Å². The molecule has 1 unspecified atom stereocenters. The highest BCUT2D eigenvalue weighted by Gasteiger charge is 2.34. The van der Waals surface area contributed by atoms with Crippen molar-refractivity contribution in [3.8, 4) is 0 Å². The van der Waals surface area contributed by atoms with Crippen molar-refractivity contribution >= 4 is 0 Å². The molecule has 1 aliphatic heterocycles. The third kappa shape index (κ3) is 2.05. The van der Waals surface area contributed by atoms with Gasteiger partial charge in [-0.1, -0.05) is 32.0 Å². The largest absolute Gasteiger partial charge is 0.316 e. The van der Waals surface area contributed by atoms with Crippen LogP contribution in [0.3, 0.4) is 0 Å². The van der Waals surface area contributed by atoms with Gasteiger partial charge >= 0.3 is 0 Å². The molecule has 2 heteroatoms. The molecule has 1 heterocycles. The lowest BCUT2D eigenvalue weighted by Crippen LogP contribution is -2.40. The van der Waals surface area contributed by atoms with Crippen LogP contribution in [0.1, 0.15) is 31.7 Å². The molecule has 82 valence electrons. The number of halogens is 1. The number of piperidine rings is 1. The molecule has 0 bridgehead atoms. The molecule has 1 aromatic rings. The zero-order valence-corrected chi connectivity index (χ0v) is 9.39. The second-order valence-corrected chi connectivity index (χ2v) is 5.02. The second kappa shape index (κ2) is 3.93. The van der Waals surface area contributed by atoms with E-state index >= 15 is 0 Å². The van der Waals surface area contributed by atoms with Gasteiger partial charge in [0.25, 0.3) is 0 Å². The van der Waals surface area contributed by atoms with Gasteiger partial charge < -0.3 is 5.32 Å². The zero-order valence-electron chi connectivity index (χ0n) is 9.39.